The molecule has 0 fully saturated rings. The van der Waals surface area contributed by atoms with Gasteiger partial charge < -0.3 is 18.9 Å². The molecule has 1 atom stereocenters. The van der Waals surface area contributed by atoms with Crippen molar-refractivity contribution in [1.29, 1.82) is 0 Å². The molecule has 0 aromatic carbocycles. The lowest BCUT2D eigenvalue weighted by Gasteiger charge is -2.16. The molecule has 6 heteroatoms. The Labute approximate surface area is 133 Å². The molecule has 0 bridgehead atoms. The predicted molar refractivity (Wildman–Crippen MR) is 84.0 cm³/mol. The summed E-state index contributed by atoms with van der Waals surface area (Å²) in [7, 11) is 1.45. The van der Waals surface area contributed by atoms with Crippen LogP contribution in [0.15, 0.2) is 24.3 Å². The van der Waals surface area contributed by atoms with Crippen LogP contribution in [-0.4, -0.2) is 38.7 Å². The summed E-state index contributed by atoms with van der Waals surface area (Å²) in [4.78, 5) is 21.6. The third-order valence-electron chi connectivity index (χ3n) is 2.12. The van der Waals surface area contributed by atoms with Crippen LogP contribution in [0.4, 0.5) is 0 Å². The Balaban J connectivity index is 0. The molecule has 6 nitrogen and oxygen atoms in total. The van der Waals surface area contributed by atoms with Crippen molar-refractivity contribution in [3.05, 3.63) is 24.3 Å². The maximum atomic E-state index is 11.1. The highest BCUT2D eigenvalue weighted by Crippen LogP contribution is 2.06. The maximum absolute atomic E-state index is 11.1. The summed E-state index contributed by atoms with van der Waals surface area (Å²) >= 11 is 0. The Morgan fingerprint density at radius 1 is 1.05 bits per heavy atom. The zero-order valence-corrected chi connectivity index (χ0v) is 14.3. The van der Waals surface area contributed by atoms with Crippen LogP contribution in [0.5, 0.6) is 0 Å². The van der Waals surface area contributed by atoms with Crippen molar-refractivity contribution in [3.8, 4) is 0 Å². The van der Waals surface area contributed by atoms with Crippen LogP contribution in [-0.2, 0) is 28.5 Å². The second-order valence-electron chi connectivity index (χ2n) is 4.48. The molecular weight excluding hydrogens is 288 g/mol. The highest BCUT2D eigenvalue weighted by atomic mass is 16.7. The van der Waals surface area contributed by atoms with E-state index in [2.05, 4.69) is 22.6 Å². The quantitative estimate of drug-likeness (QED) is 0.370. The molecule has 0 N–H and O–H groups in total. The minimum atomic E-state index is -0.420. The van der Waals surface area contributed by atoms with Gasteiger partial charge in [0.1, 0.15) is 0 Å². The Morgan fingerprint density at radius 2 is 1.59 bits per heavy atom. The zero-order valence-electron chi connectivity index (χ0n) is 14.3. The summed E-state index contributed by atoms with van der Waals surface area (Å²) in [5.74, 6) is -0.802. The first-order chi connectivity index (χ1) is 10.3. The van der Waals surface area contributed by atoms with E-state index < -0.39 is 12.3 Å². The van der Waals surface area contributed by atoms with Crippen LogP contribution in [0.3, 0.4) is 0 Å². The van der Waals surface area contributed by atoms with E-state index in [0.29, 0.717) is 17.8 Å². The highest BCUT2D eigenvalue weighted by molar-refractivity contribution is 5.87. The van der Waals surface area contributed by atoms with Crippen molar-refractivity contribution in [2.75, 3.05) is 20.5 Å². The lowest BCUT2D eigenvalue weighted by molar-refractivity contribution is -0.174. The molecule has 0 amide bonds. The first kappa shape index (κ1) is 22.6. The molecule has 0 aliphatic heterocycles. The topological polar surface area (TPSA) is 71.1 Å². The summed E-state index contributed by atoms with van der Waals surface area (Å²) in [6, 6.07) is 0. The number of ether oxygens (including phenoxy) is 4. The van der Waals surface area contributed by atoms with Gasteiger partial charge in [0.15, 0.2) is 6.79 Å². The molecule has 0 spiro atoms. The first-order valence-corrected chi connectivity index (χ1v) is 7.09. The molecule has 0 saturated heterocycles. The van der Waals surface area contributed by atoms with Gasteiger partial charge in [-0.05, 0) is 20.8 Å². The molecule has 0 aliphatic carbocycles. The second kappa shape index (κ2) is 14.3. The molecular formula is C16H28O6. The monoisotopic (exact) mass is 316 g/mol. The summed E-state index contributed by atoms with van der Waals surface area (Å²) in [5, 5.41) is 0. The minimum Gasteiger partial charge on any atom is -0.435 e. The fourth-order valence-corrected chi connectivity index (χ4v) is 1.05. The largest absolute Gasteiger partial charge is 0.435 e. The molecule has 0 aromatic rings. The highest BCUT2D eigenvalue weighted by Gasteiger charge is 2.13. The Bertz CT molecular complexity index is 356. The summed E-state index contributed by atoms with van der Waals surface area (Å²) < 4.78 is 19.2. The summed E-state index contributed by atoms with van der Waals surface area (Å²) in [6.45, 7) is 14.5. The van der Waals surface area contributed by atoms with E-state index in [0.717, 1.165) is 12.8 Å². The smallest absolute Gasteiger partial charge is 0.335 e. The molecule has 128 valence electrons. The van der Waals surface area contributed by atoms with Crippen molar-refractivity contribution in [3.63, 3.8) is 0 Å². The van der Waals surface area contributed by atoms with Gasteiger partial charge in [0.25, 0.3) is 0 Å². The first-order valence-electron chi connectivity index (χ1n) is 7.09. The van der Waals surface area contributed by atoms with Gasteiger partial charge in [-0.1, -0.05) is 26.5 Å². The van der Waals surface area contributed by atoms with E-state index in [9.17, 15) is 9.59 Å². The molecule has 0 aromatic heterocycles. The van der Waals surface area contributed by atoms with E-state index >= 15 is 0 Å². The maximum Gasteiger partial charge on any atom is 0.335 e. The van der Waals surface area contributed by atoms with Crippen molar-refractivity contribution < 1.29 is 28.5 Å². The number of hydrogen-bond acceptors (Lipinski definition) is 6. The molecule has 0 saturated carbocycles. The molecule has 22 heavy (non-hydrogen) atoms. The lowest BCUT2D eigenvalue weighted by atomic mass is 10.3. The van der Waals surface area contributed by atoms with Crippen molar-refractivity contribution in [2.45, 2.75) is 46.8 Å². The number of carbonyl (C=O) groups is 2. The van der Waals surface area contributed by atoms with Crippen molar-refractivity contribution >= 4 is 11.9 Å². The zero-order chi connectivity index (χ0) is 17.5. The van der Waals surface area contributed by atoms with Gasteiger partial charge >= 0.3 is 11.9 Å². The van der Waals surface area contributed by atoms with E-state index in [1.54, 1.807) is 13.8 Å². The summed E-state index contributed by atoms with van der Waals surface area (Å²) in [5.41, 5.74) is 0.785. The van der Waals surface area contributed by atoms with E-state index in [1.807, 2.05) is 13.8 Å². The molecule has 0 heterocycles. The summed E-state index contributed by atoms with van der Waals surface area (Å²) in [6.07, 6.45) is 1.24. The van der Waals surface area contributed by atoms with Crippen molar-refractivity contribution in [1.82, 2.24) is 0 Å². The van der Waals surface area contributed by atoms with Gasteiger partial charge in [-0.3, -0.25) is 0 Å². The van der Waals surface area contributed by atoms with Crippen LogP contribution < -0.4 is 0 Å². The van der Waals surface area contributed by atoms with Gasteiger partial charge in [0.2, 0.25) is 6.29 Å². The number of rotatable bonds is 9. The van der Waals surface area contributed by atoms with E-state index in [-0.39, 0.29) is 12.8 Å². The average Bonchev–Trinajstić information content (AvgIpc) is 2.45. The third kappa shape index (κ3) is 13.3. The molecule has 0 aliphatic rings. The lowest BCUT2D eigenvalue weighted by Crippen LogP contribution is -2.21. The van der Waals surface area contributed by atoms with Gasteiger partial charge in [-0.25, -0.2) is 9.59 Å². The predicted octanol–water partition coefficient (Wildman–Crippen LogP) is 2.98. The number of hydrogen-bond donors (Lipinski definition) is 0. The van der Waals surface area contributed by atoms with Crippen LogP contribution in [0.1, 0.15) is 40.5 Å². The van der Waals surface area contributed by atoms with E-state index in [1.165, 1.54) is 7.11 Å². The van der Waals surface area contributed by atoms with Crippen LogP contribution >= 0.6 is 0 Å². The van der Waals surface area contributed by atoms with Crippen LogP contribution in [0.2, 0.25) is 0 Å². The minimum absolute atomic E-state index is 0.00824. The average molecular weight is 316 g/mol. The van der Waals surface area contributed by atoms with E-state index in [4.69, 9.17) is 9.47 Å². The molecule has 0 radical (unpaired) electrons. The fraction of sp³-hybridized carbons (Fsp3) is 0.625. The normalized spacial score (nSPS) is 10.8. The SMILES string of the molecule is C=C(C)C(=O)OC(CCC)OCC.C=C(C)C(=O)OCOC. The van der Waals surface area contributed by atoms with Gasteiger partial charge in [-0.15, -0.1) is 0 Å². The molecule has 1 unspecified atom stereocenters. The number of esters is 2. The Kier molecular flexibility index (Phi) is 14.7. The van der Waals surface area contributed by atoms with Gasteiger partial charge in [0.05, 0.1) is 0 Å². The fourth-order valence-electron chi connectivity index (χ4n) is 1.05. The van der Waals surface area contributed by atoms with Crippen molar-refractivity contribution in [2.24, 2.45) is 0 Å². The standard InChI is InChI=1S/C10H18O3.C6H10O3/c1-5-7-9(12-6-2)13-10(11)8(3)4;1-5(2)6(7)9-4-8-3/h9H,3,5-7H2,1-2,4H3;1,4H2,2-3H3. The number of methoxy groups -OCH3 is 1. The Morgan fingerprint density at radius 3 is 1.95 bits per heavy atom. The van der Waals surface area contributed by atoms with Crippen LogP contribution in [0.25, 0.3) is 0 Å². The molecule has 0 rings (SSSR count). The van der Waals surface area contributed by atoms with Gasteiger partial charge in [-0.2, -0.15) is 0 Å². The van der Waals surface area contributed by atoms with Gasteiger partial charge in [0, 0.05) is 31.3 Å². The number of carbonyl (C=O) groups excluding carboxylic acids is 2. The Hall–Kier alpha value is -1.66. The second-order valence-corrected chi connectivity index (χ2v) is 4.48. The van der Waals surface area contributed by atoms with Crippen LogP contribution in [0, 0.1) is 0 Å². The third-order valence-corrected chi connectivity index (χ3v) is 2.12.